The molecule has 2 aromatic heterocycles. The quantitative estimate of drug-likeness (QED) is 0.719. The van der Waals surface area contributed by atoms with Gasteiger partial charge in [-0.2, -0.15) is 5.10 Å². The van der Waals surface area contributed by atoms with Gasteiger partial charge in [-0.05, 0) is 50.6 Å². The van der Waals surface area contributed by atoms with Crippen molar-refractivity contribution in [1.82, 2.24) is 24.9 Å². The molecule has 1 aliphatic heterocycles. The van der Waals surface area contributed by atoms with E-state index in [4.69, 9.17) is 0 Å². The van der Waals surface area contributed by atoms with Crippen molar-refractivity contribution >= 4 is 17.5 Å². The van der Waals surface area contributed by atoms with Crippen LogP contribution >= 0.6 is 0 Å². The van der Waals surface area contributed by atoms with E-state index in [2.05, 4.69) is 25.5 Å². The lowest BCUT2D eigenvalue weighted by molar-refractivity contribution is 0.208. The molecule has 1 aromatic carbocycles. The second kappa shape index (κ2) is 8.10. The normalized spacial score (nSPS) is 14.1. The van der Waals surface area contributed by atoms with Crippen molar-refractivity contribution in [2.45, 2.75) is 20.8 Å². The molecule has 0 unspecified atom stereocenters. The number of carbonyl (C=O) groups excluding carboxylic acids is 1. The molecule has 8 nitrogen and oxygen atoms in total. The van der Waals surface area contributed by atoms with Gasteiger partial charge in [0.15, 0.2) is 11.6 Å². The SMILES string of the molecule is Cc1nn(-c2ccc(N3CCN(C(=O)Nc4ccccc4F)CC3)nn2)c(C)c1C. The molecule has 0 saturated carbocycles. The van der Waals surface area contributed by atoms with Crippen molar-refractivity contribution in [2.24, 2.45) is 0 Å². The summed E-state index contributed by atoms with van der Waals surface area (Å²) in [6.07, 6.45) is 0. The standard InChI is InChI=1S/C21H24FN7O/c1-14-15(2)26-29(16(14)3)20-9-8-19(24-25-20)27-10-12-28(13-11-27)21(30)23-18-7-5-4-6-17(18)22/h4-9H,10-13H2,1-3H3,(H,23,30). The Morgan fingerprint density at radius 1 is 0.967 bits per heavy atom. The summed E-state index contributed by atoms with van der Waals surface area (Å²) in [5.41, 5.74) is 3.35. The number of hydrogen-bond donors (Lipinski definition) is 1. The zero-order chi connectivity index (χ0) is 21.3. The van der Waals surface area contributed by atoms with Crippen molar-refractivity contribution in [3.8, 4) is 5.82 Å². The van der Waals surface area contributed by atoms with Gasteiger partial charge in [-0.15, -0.1) is 10.2 Å². The third kappa shape index (κ3) is 3.83. The minimum Gasteiger partial charge on any atom is -0.352 e. The summed E-state index contributed by atoms with van der Waals surface area (Å²) in [6, 6.07) is 9.66. The first-order chi connectivity index (χ1) is 14.4. The van der Waals surface area contributed by atoms with Crippen LogP contribution in [0.3, 0.4) is 0 Å². The fourth-order valence-corrected chi connectivity index (χ4v) is 3.44. The van der Waals surface area contributed by atoms with Gasteiger partial charge in [0, 0.05) is 31.9 Å². The summed E-state index contributed by atoms with van der Waals surface area (Å²) < 4.78 is 15.5. The molecule has 1 aliphatic rings. The molecule has 1 fully saturated rings. The monoisotopic (exact) mass is 409 g/mol. The van der Waals surface area contributed by atoms with Gasteiger partial charge in [0.1, 0.15) is 5.82 Å². The second-order valence-electron chi connectivity index (χ2n) is 7.34. The number of carbonyl (C=O) groups is 1. The zero-order valence-corrected chi connectivity index (χ0v) is 17.3. The molecule has 0 bridgehead atoms. The van der Waals surface area contributed by atoms with Crippen LogP contribution in [-0.2, 0) is 0 Å². The zero-order valence-electron chi connectivity index (χ0n) is 17.3. The third-order valence-electron chi connectivity index (χ3n) is 5.51. The van der Waals surface area contributed by atoms with Crippen molar-refractivity contribution in [2.75, 3.05) is 36.4 Å². The highest BCUT2D eigenvalue weighted by Gasteiger charge is 2.23. The average Bonchev–Trinajstić information content (AvgIpc) is 3.03. The molecule has 0 aliphatic carbocycles. The molecule has 1 N–H and O–H groups in total. The van der Waals surface area contributed by atoms with E-state index in [0.717, 1.165) is 22.8 Å². The number of hydrogen-bond acceptors (Lipinski definition) is 5. The van der Waals surface area contributed by atoms with Crippen molar-refractivity contribution in [3.05, 3.63) is 59.2 Å². The van der Waals surface area contributed by atoms with Crippen molar-refractivity contribution in [1.29, 1.82) is 0 Å². The summed E-state index contributed by atoms with van der Waals surface area (Å²) in [4.78, 5) is 16.2. The number of rotatable bonds is 3. The topological polar surface area (TPSA) is 79.2 Å². The van der Waals surface area contributed by atoms with E-state index in [0.29, 0.717) is 32.0 Å². The van der Waals surface area contributed by atoms with E-state index >= 15 is 0 Å². The molecular formula is C21H24FN7O. The fourth-order valence-electron chi connectivity index (χ4n) is 3.44. The molecule has 1 saturated heterocycles. The van der Waals surface area contributed by atoms with E-state index in [1.165, 1.54) is 6.07 Å². The first-order valence-electron chi connectivity index (χ1n) is 9.86. The molecule has 3 heterocycles. The minimum atomic E-state index is -0.447. The molecule has 9 heteroatoms. The van der Waals surface area contributed by atoms with E-state index in [1.54, 1.807) is 27.8 Å². The van der Waals surface area contributed by atoms with Gasteiger partial charge in [-0.3, -0.25) is 0 Å². The van der Waals surface area contributed by atoms with E-state index in [9.17, 15) is 9.18 Å². The maximum absolute atomic E-state index is 13.7. The van der Waals surface area contributed by atoms with Crippen molar-refractivity contribution < 1.29 is 9.18 Å². The fraction of sp³-hybridized carbons (Fsp3) is 0.333. The van der Waals surface area contributed by atoms with E-state index < -0.39 is 5.82 Å². The Kier molecular flexibility index (Phi) is 5.35. The molecule has 0 spiro atoms. The van der Waals surface area contributed by atoms with Gasteiger partial charge in [0.05, 0.1) is 11.4 Å². The van der Waals surface area contributed by atoms with Gasteiger partial charge >= 0.3 is 6.03 Å². The highest BCUT2D eigenvalue weighted by molar-refractivity contribution is 5.89. The van der Waals surface area contributed by atoms with Crippen molar-refractivity contribution in [3.63, 3.8) is 0 Å². The molecule has 3 aromatic rings. The van der Waals surface area contributed by atoms with Gasteiger partial charge in [0.25, 0.3) is 0 Å². The summed E-state index contributed by atoms with van der Waals surface area (Å²) in [7, 11) is 0. The van der Waals surface area contributed by atoms with Crippen LogP contribution in [0, 0.1) is 26.6 Å². The molecule has 0 atom stereocenters. The van der Waals surface area contributed by atoms with Crippen LogP contribution in [0.15, 0.2) is 36.4 Å². The van der Waals surface area contributed by atoms with Gasteiger partial charge < -0.3 is 15.1 Å². The van der Waals surface area contributed by atoms with Gasteiger partial charge in [-0.25, -0.2) is 13.9 Å². The Hall–Kier alpha value is -3.49. The summed E-state index contributed by atoms with van der Waals surface area (Å²) in [6.45, 7) is 8.30. The summed E-state index contributed by atoms with van der Waals surface area (Å²) >= 11 is 0. The maximum Gasteiger partial charge on any atom is 0.322 e. The second-order valence-corrected chi connectivity index (χ2v) is 7.34. The van der Waals surface area contributed by atoms with Crippen LogP contribution < -0.4 is 10.2 Å². The number of urea groups is 1. The lowest BCUT2D eigenvalue weighted by atomic mass is 10.2. The van der Waals surface area contributed by atoms with Gasteiger partial charge in [-0.1, -0.05) is 12.1 Å². The Morgan fingerprint density at radius 3 is 2.23 bits per heavy atom. The summed E-state index contributed by atoms with van der Waals surface area (Å²) in [5, 5.41) is 15.8. The molecule has 0 radical (unpaired) electrons. The van der Waals surface area contributed by atoms with Crippen LogP contribution in [0.5, 0.6) is 0 Å². The lowest BCUT2D eigenvalue weighted by Crippen LogP contribution is -2.50. The Balaban J connectivity index is 1.37. The predicted octanol–water partition coefficient (Wildman–Crippen LogP) is 3.08. The predicted molar refractivity (Wildman–Crippen MR) is 113 cm³/mol. The highest BCUT2D eigenvalue weighted by atomic mass is 19.1. The Morgan fingerprint density at radius 2 is 1.63 bits per heavy atom. The highest BCUT2D eigenvalue weighted by Crippen LogP contribution is 2.19. The van der Waals surface area contributed by atoms with E-state index in [1.807, 2.05) is 32.9 Å². The Bertz CT molecular complexity index is 1060. The minimum absolute atomic E-state index is 0.186. The average molecular weight is 409 g/mol. The first-order valence-corrected chi connectivity index (χ1v) is 9.86. The van der Waals surface area contributed by atoms with Crippen LogP contribution in [-0.4, -0.2) is 57.1 Å². The number of para-hydroxylation sites is 1. The first kappa shape index (κ1) is 19.8. The van der Waals surface area contributed by atoms with Crippen LogP contribution in [0.25, 0.3) is 5.82 Å². The molecule has 2 amide bonds. The lowest BCUT2D eigenvalue weighted by Gasteiger charge is -2.35. The Labute approximate surface area is 174 Å². The molecule has 156 valence electrons. The molecule has 4 rings (SSSR count). The van der Waals surface area contributed by atoms with Crippen LogP contribution in [0.4, 0.5) is 20.7 Å². The number of benzene rings is 1. The van der Waals surface area contributed by atoms with E-state index in [-0.39, 0.29) is 11.7 Å². The van der Waals surface area contributed by atoms with Gasteiger partial charge in [0.2, 0.25) is 0 Å². The number of anilines is 2. The number of halogens is 1. The number of nitrogens with one attached hydrogen (secondary N) is 1. The smallest absolute Gasteiger partial charge is 0.322 e. The number of aromatic nitrogens is 4. The van der Waals surface area contributed by atoms with Crippen LogP contribution in [0.2, 0.25) is 0 Å². The third-order valence-corrected chi connectivity index (χ3v) is 5.51. The largest absolute Gasteiger partial charge is 0.352 e. The number of aryl methyl sites for hydroxylation is 1. The number of nitrogens with zero attached hydrogens (tertiary/aromatic N) is 6. The molecular weight excluding hydrogens is 385 g/mol. The number of piperazine rings is 1. The maximum atomic E-state index is 13.7. The molecule has 30 heavy (non-hydrogen) atoms. The van der Waals surface area contributed by atoms with Crippen LogP contribution in [0.1, 0.15) is 17.0 Å². The summed E-state index contributed by atoms with van der Waals surface area (Å²) in [5.74, 6) is 0.985. The number of amides is 2.